The summed E-state index contributed by atoms with van der Waals surface area (Å²) in [4.78, 5) is 12.9. The topological polar surface area (TPSA) is 84.9 Å². The van der Waals surface area contributed by atoms with Crippen LogP contribution in [-0.2, 0) is 10.0 Å². The first kappa shape index (κ1) is 24.1. The minimum absolute atomic E-state index is 0.102. The van der Waals surface area contributed by atoms with Crippen LogP contribution in [0, 0.1) is 19.8 Å². The SMILES string of the molecule is COc1ccc(S(=O)(=O)N2CCC(C)CC2)cc1C(=O)NCCOc1cccc(C)c1C. The van der Waals surface area contributed by atoms with E-state index >= 15 is 0 Å². The molecule has 0 atom stereocenters. The molecule has 1 amide bonds. The number of piperidine rings is 1. The lowest BCUT2D eigenvalue weighted by atomic mass is 10.0. The zero-order valence-electron chi connectivity index (χ0n) is 19.2. The van der Waals surface area contributed by atoms with E-state index in [1.54, 1.807) is 0 Å². The Hall–Kier alpha value is -2.58. The Morgan fingerprint density at radius 2 is 1.84 bits per heavy atom. The Kier molecular flexibility index (Phi) is 7.79. The molecular weight excluding hydrogens is 428 g/mol. The highest BCUT2D eigenvalue weighted by Gasteiger charge is 2.29. The quantitative estimate of drug-likeness (QED) is 0.609. The zero-order valence-corrected chi connectivity index (χ0v) is 20.0. The van der Waals surface area contributed by atoms with E-state index in [0.717, 1.165) is 29.7 Å². The fraction of sp³-hybridized carbons (Fsp3) is 0.458. The molecule has 7 nitrogen and oxygen atoms in total. The van der Waals surface area contributed by atoms with Crippen LogP contribution in [0.5, 0.6) is 11.5 Å². The van der Waals surface area contributed by atoms with Crippen molar-refractivity contribution in [3.05, 3.63) is 53.1 Å². The number of benzene rings is 2. The first-order valence-electron chi connectivity index (χ1n) is 10.9. The van der Waals surface area contributed by atoms with Gasteiger partial charge in [-0.1, -0.05) is 19.1 Å². The number of nitrogens with zero attached hydrogens (tertiary/aromatic N) is 1. The molecule has 0 bridgehead atoms. The van der Waals surface area contributed by atoms with Gasteiger partial charge in [0.25, 0.3) is 5.91 Å². The maximum atomic E-state index is 13.1. The first-order chi connectivity index (χ1) is 15.2. The smallest absolute Gasteiger partial charge is 0.255 e. The Balaban J connectivity index is 1.68. The van der Waals surface area contributed by atoms with Crippen LogP contribution in [0.25, 0.3) is 0 Å². The minimum atomic E-state index is -3.66. The number of hydrogen-bond acceptors (Lipinski definition) is 5. The van der Waals surface area contributed by atoms with Crippen LogP contribution < -0.4 is 14.8 Å². The standard InChI is InChI=1S/C24H32N2O5S/c1-17-10-13-26(14-11-17)32(28,29)20-8-9-23(30-4)21(16-20)24(27)25-12-15-31-22-7-5-6-18(2)19(22)3/h5-9,16-17H,10-15H2,1-4H3,(H,25,27). The van der Waals surface area contributed by atoms with E-state index in [-0.39, 0.29) is 17.0 Å². The number of rotatable bonds is 8. The number of sulfonamides is 1. The van der Waals surface area contributed by atoms with Gasteiger partial charge in [0.05, 0.1) is 24.1 Å². The molecule has 1 saturated heterocycles. The second kappa shape index (κ2) is 10.4. The van der Waals surface area contributed by atoms with Crippen LogP contribution in [0.2, 0.25) is 0 Å². The van der Waals surface area contributed by atoms with Gasteiger partial charge in [0, 0.05) is 13.1 Å². The molecule has 174 valence electrons. The lowest BCUT2D eigenvalue weighted by Crippen LogP contribution is -2.38. The summed E-state index contributed by atoms with van der Waals surface area (Å²) in [6.45, 7) is 7.69. The monoisotopic (exact) mass is 460 g/mol. The average Bonchev–Trinajstić information content (AvgIpc) is 2.79. The number of amides is 1. The van der Waals surface area contributed by atoms with Crippen molar-refractivity contribution in [3.8, 4) is 11.5 Å². The summed E-state index contributed by atoms with van der Waals surface area (Å²) in [5.41, 5.74) is 2.38. The van der Waals surface area contributed by atoms with Gasteiger partial charge in [-0.2, -0.15) is 4.31 Å². The molecule has 2 aromatic rings. The number of hydrogen-bond donors (Lipinski definition) is 1. The van der Waals surface area contributed by atoms with Crippen molar-refractivity contribution in [1.29, 1.82) is 0 Å². The van der Waals surface area contributed by atoms with Crippen LogP contribution in [0.15, 0.2) is 41.3 Å². The van der Waals surface area contributed by atoms with Crippen LogP contribution in [-0.4, -0.2) is 52.0 Å². The van der Waals surface area contributed by atoms with E-state index in [9.17, 15) is 13.2 Å². The van der Waals surface area contributed by atoms with Crippen molar-refractivity contribution in [2.45, 2.75) is 38.5 Å². The van der Waals surface area contributed by atoms with Crippen molar-refractivity contribution in [3.63, 3.8) is 0 Å². The van der Waals surface area contributed by atoms with Crippen molar-refractivity contribution < 1.29 is 22.7 Å². The van der Waals surface area contributed by atoms with Gasteiger partial charge < -0.3 is 14.8 Å². The molecule has 0 saturated carbocycles. The van der Waals surface area contributed by atoms with Gasteiger partial charge in [0.15, 0.2) is 0 Å². The predicted molar refractivity (Wildman–Crippen MR) is 124 cm³/mol. The van der Waals surface area contributed by atoms with Crippen LogP contribution in [0.1, 0.15) is 41.3 Å². The van der Waals surface area contributed by atoms with E-state index in [4.69, 9.17) is 9.47 Å². The van der Waals surface area contributed by atoms with E-state index in [1.165, 1.54) is 29.6 Å². The van der Waals surface area contributed by atoms with Gasteiger partial charge >= 0.3 is 0 Å². The molecule has 0 aliphatic carbocycles. The summed E-state index contributed by atoms with van der Waals surface area (Å²) in [7, 11) is -2.21. The molecule has 0 spiro atoms. The molecule has 8 heteroatoms. The van der Waals surface area contributed by atoms with Gasteiger partial charge in [0.1, 0.15) is 18.1 Å². The summed E-state index contributed by atoms with van der Waals surface area (Å²) in [6, 6.07) is 10.3. The zero-order chi connectivity index (χ0) is 23.3. The van der Waals surface area contributed by atoms with Gasteiger partial charge in [-0.05, 0) is 68.0 Å². The van der Waals surface area contributed by atoms with Gasteiger partial charge in [0.2, 0.25) is 10.0 Å². The molecular formula is C24H32N2O5S. The molecule has 1 fully saturated rings. The fourth-order valence-electron chi connectivity index (χ4n) is 3.70. The van der Waals surface area contributed by atoms with E-state index in [1.807, 2.05) is 32.0 Å². The highest BCUT2D eigenvalue weighted by Crippen LogP contribution is 2.27. The fourth-order valence-corrected chi connectivity index (χ4v) is 5.20. The molecule has 0 radical (unpaired) electrons. The molecule has 0 aromatic heterocycles. The van der Waals surface area contributed by atoms with Gasteiger partial charge in [-0.25, -0.2) is 8.42 Å². The maximum Gasteiger partial charge on any atom is 0.255 e. The molecule has 1 N–H and O–H groups in total. The third-order valence-electron chi connectivity index (χ3n) is 6.00. The number of carbonyl (C=O) groups excluding carboxylic acids is 1. The van der Waals surface area contributed by atoms with E-state index in [2.05, 4.69) is 12.2 Å². The number of carbonyl (C=O) groups is 1. The van der Waals surface area contributed by atoms with Crippen LogP contribution in [0.4, 0.5) is 0 Å². The number of methoxy groups -OCH3 is 1. The number of aryl methyl sites for hydroxylation is 1. The van der Waals surface area contributed by atoms with Crippen LogP contribution >= 0.6 is 0 Å². The van der Waals surface area contributed by atoms with E-state index < -0.39 is 15.9 Å². The summed E-state index contributed by atoms with van der Waals surface area (Å²) < 4.78 is 38.7. The molecule has 32 heavy (non-hydrogen) atoms. The summed E-state index contributed by atoms with van der Waals surface area (Å²) in [5.74, 6) is 1.21. The molecule has 2 aromatic carbocycles. The summed E-state index contributed by atoms with van der Waals surface area (Å²) >= 11 is 0. The molecule has 1 heterocycles. The highest BCUT2D eigenvalue weighted by atomic mass is 32.2. The molecule has 1 aliphatic heterocycles. The predicted octanol–water partition coefficient (Wildman–Crippen LogP) is 3.54. The van der Waals surface area contributed by atoms with Gasteiger partial charge in [-0.15, -0.1) is 0 Å². The maximum absolute atomic E-state index is 13.1. The number of ether oxygens (including phenoxy) is 2. The Labute approximate surface area is 190 Å². The first-order valence-corrected chi connectivity index (χ1v) is 12.3. The Morgan fingerprint density at radius 1 is 1.12 bits per heavy atom. The third-order valence-corrected chi connectivity index (χ3v) is 7.89. The van der Waals surface area contributed by atoms with Crippen molar-refractivity contribution in [1.82, 2.24) is 9.62 Å². The van der Waals surface area contributed by atoms with Crippen molar-refractivity contribution >= 4 is 15.9 Å². The van der Waals surface area contributed by atoms with Crippen molar-refractivity contribution in [2.24, 2.45) is 5.92 Å². The van der Waals surface area contributed by atoms with E-state index in [0.29, 0.717) is 31.4 Å². The molecule has 0 unspecified atom stereocenters. The molecule has 1 aliphatic rings. The summed E-state index contributed by atoms with van der Waals surface area (Å²) in [5, 5.41) is 2.79. The normalized spacial score (nSPS) is 15.4. The molecule has 3 rings (SSSR count). The lowest BCUT2D eigenvalue weighted by molar-refractivity contribution is 0.0943. The van der Waals surface area contributed by atoms with Crippen LogP contribution in [0.3, 0.4) is 0 Å². The number of nitrogens with one attached hydrogen (secondary N) is 1. The largest absolute Gasteiger partial charge is 0.496 e. The lowest BCUT2D eigenvalue weighted by Gasteiger charge is -2.29. The summed E-state index contributed by atoms with van der Waals surface area (Å²) in [6.07, 6.45) is 1.67. The Bertz CT molecular complexity index is 1060. The second-order valence-electron chi connectivity index (χ2n) is 8.25. The highest BCUT2D eigenvalue weighted by molar-refractivity contribution is 7.89. The van der Waals surface area contributed by atoms with Crippen molar-refractivity contribution in [2.75, 3.05) is 33.4 Å². The van der Waals surface area contributed by atoms with Gasteiger partial charge in [-0.3, -0.25) is 4.79 Å². The third kappa shape index (κ3) is 5.42. The second-order valence-corrected chi connectivity index (χ2v) is 10.2. The average molecular weight is 461 g/mol. The minimum Gasteiger partial charge on any atom is -0.496 e. The Morgan fingerprint density at radius 3 is 2.53 bits per heavy atom.